The first-order valence-electron chi connectivity index (χ1n) is 8.09. The van der Waals surface area contributed by atoms with Crippen molar-refractivity contribution in [1.82, 2.24) is 10.2 Å². The molecule has 7 nitrogen and oxygen atoms in total. The van der Waals surface area contributed by atoms with Gasteiger partial charge in [0.15, 0.2) is 11.6 Å². The van der Waals surface area contributed by atoms with Crippen molar-refractivity contribution in [3.05, 3.63) is 71.3 Å². The number of anilines is 3. The molecule has 0 aliphatic carbocycles. The number of nitrogens with zero attached hydrogens (tertiary/aromatic N) is 3. The van der Waals surface area contributed by atoms with Crippen LogP contribution in [0.25, 0.3) is 0 Å². The van der Waals surface area contributed by atoms with Crippen molar-refractivity contribution in [3.8, 4) is 6.07 Å². The predicted molar refractivity (Wildman–Crippen MR) is 103 cm³/mol. The van der Waals surface area contributed by atoms with Gasteiger partial charge < -0.3 is 5.32 Å². The summed E-state index contributed by atoms with van der Waals surface area (Å²) in [5, 5.41) is 20.0. The highest BCUT2D eigenvalue weighted by Gasteiger charge is 2.18. The number of hydrogen-bond donors (Lipinski definition) is 2. The second kappa shape index (κ2) is 7.43. The van der Waals surface area contributed by atoms with E-state index in [9.17, 15) is 8.42 Å². The van der Waals surface area contributed by atoms with E-state index in [0.29, 0.717) is 22.6 Å². The summed E-state index contributed by atoms with van der Waals surface area (Å²) in [5.41, 5.74) is 2.56. The summed E-state index contributed by atoms with van der Waals surface area (Å²) in [6, 6.07) is 17.4. The van der Waals surface area contributed by atoms with Crippen molar-refractivity contribution < 1.29 is 8.42 Å². The lowest BCUT2D eigenvalue weighted by molar-refractivity contribution is 0.600. The van der Waals surface area contributed by atoms with Crippen LogP contribution in [0.4, 0.5) is 17.3 Å². The number of rotatable bonds is 5. The predicted octanol–water partition coefficient (Wildman–Crippen LogP) is 3.51. The zero-order valence-electron chi connectivity index (χ0n) is 14.8. The Kier molecular flexibility index (Phi) is 5.05. The van der Waals surface area contributed by atoms with Crippen molar-refractivity contribution in [3.63, 3.8) is 0 Å². The van der Waals surface area contributed by atoms with Gasteiger partial charge in [-0.3, -0.25) is 4.72 Å². The molecule has 0 unspecified atom stereocenters. The molecule has 0 spiro atoms. The molecule has 2 aromatic carbocycles. The van der Waals surface area contributed by atoms with E-state index in [1.165, 1.54) is 6.07 Å². The van der Waals surface area contributed by atoms with Crippen LogP contribution >= 0.6 is 0 Å². The van der Waals surface area contributed by atoms with Crippen LogP contribution in [0.3, 0.4) is 0 Å². The van der Waals surface area contributed by atoms with E-state index < -0.39 is 10.0 Å². The van der Waals surface area contributed by atoms with Gasteiger partial charge in [0.1, 0.15) is 6.07 Å². The van der Waals surface area contributed by atoms with Gasteiger partial charge in [0, 0.05) is 0 Å². The Morgan fingerprint density at radius 2 is 1.67 bits per heavy atom. The standard InChI is InChI=1S/C19H17N5O2S/c1-13-7-8-14(2)17(11-13)27(25,26)24-19-10-9-18(22-23-19)21-16-6-4-3-5-15(16)12-20/h3-11H,1-2H3,(H,21,22)(H,23,24). The summed E-state index contributed by atoms with van der Waals surface area (Å²) in [5.74, 6) is 0.502. The fraction of sp³-hybridized carbons (Fsp3) is 0.105. The van der Waals surface area contributed by atoms with E-state index in [4.69, 9.17) is 5.26 Å². The van der Waals surface area contributed by atoms with Gasteiger partial charge in [-0.05, 0) is 55.3 Å². The molecule has 0 fully saturated rings. The largest absolute Gasteiger partial charge is 0.338 e. The number of aromatic nitrogens is 2. The second-order valence-electron chi connectivity index (χ2n) is 5.96. The highest BCUT2D eigenvalue weighted by molar-refractivity contribution is 7.92. The van der Waals surface area contributed by atoms with Crippen LogP contribution in [-0.2, 0) is 10.0 Å². The summed E-state index contributed by atoms with van der Waals surface area (Å²) in [6.45, 7) is 3.57. The fourth-order valence-electron chi connectivity index (χ4n) is 2.47. The molecule has 0 atom stereocenters. The van der Waals surface area contributed by atoms with Crippen molar-refractivity contribution in [2.24, 2.45) is 0 Å². The smallest absolute Gasteiger partial charge is 0.263 e. The first kappa shape index (κ1) is 18.4. The maximum Gasteiger partial charge on any atom is 0.263 e. The molecule has 136 valence electrons. The number of benzene rings is 2. The number of nitrogens with one attached hydrogen (secondary N) is 2. The Morgan fingerprint density at radius 1 is 0.963 bits per heavy atom. The third kappa shape index (κ3) is 4.22. The average molecular weight is 379 g/mol. The molecule has 3 aromatic rings. The molecule has 0 aliphatic heterocycles. The van der Waals surface area contributed by atoms with Crippen LogP contribution in [0.15, 0.2) is 59.5 Å². The van der Waals surface area contributed by atoms with Crippen LogP contribution in [0.2, 0.25) is 0 Å². The Hall–Kier alpha value is -3.44. The van der Waals surface area contributed by atoms with Gasteiger partial charge in [-0.25, -0.2) is 8.42 Å². The molecule has 1 aromatic heterocycles. The Labute approximate surface area is 157 Å². The minimum atomic E-state index is -3.76. The zero-order chi connectivity index (χ0) is 19.4. The van der Waals surface area contributed by atoms with Crippen molar-refractivity contribution in [2.75, 3.05) is 10.0 Å². The molecule has 0 saturated carbocycles. The van der Waals surface area contributed by atoms with Gasteiger partial charge in [0.2, 0.25) is 0 Å². The maximum absolute atomic E-state index is 12.6. The number of nitriles is 1. The van der Waals surface area contributed by atoms with Gasteiger partial charge in [0.05, 0.1) is 16.1 Å². The quantitative estimate of drug-likeness (QED) is 0.702. The minimum Gasteiger partial charge on any atom is -0.338 e. The van der Waals surface area contributed by atoms with Crippen LogP contribution in [-0.4, -0.2) is 18.6 Å². The molecule has 0 radical (unpaired) electrons. The second-order valence-corrected chi connectivity index (χ2v) is 7.61. The molecule has 0 aliphatic rings. The van der Waals surface area contributed by atoms with Gasteiger partial charge in [-0.15, -0.1) is 10.2 Å². The molecule has 3 rings (SSSR count). The Morgan fingerprint density at radius 3 is 2.37 bits per heavy atom. The lowest BCUT2D eigenvalue weighted by Crippen LogP contribution is -2.15. The topological polar surface area (TPSA) is 108 Å². The number of para-hydroxylation sites is 1. The van der Waals surface area contributed by atoms with Gasteiger partial charge >= 0.3 is 0 Å². The molecular weight excluding hydrogens is 362 g/mol. The third-order valence-corrected chi connectivity index (χ3v) is 5.34. The first-order chi connectivity index (χ1) is 12.9. The molecule has 0 saturated heterocycles. The van der Waals surface area contributed by atoms with E-state index in [0.717, 1.165) is 5.56 Å². The van der Waals surface area contributed by atoms with Crippen LogP contribution in [0.1, 0.15) is 16.7 Å². The minimum absolute atomic E-state index is 0.107. The monoisotopic (exact) mass is 379 g/mol. The maximum atomic E-state index is 12.6. The molecule has 8 heteroatoms. The van der Waals surface area contributed by atoms with Crippen LogP contribution in [0, 0.1) is 25.2 Å². The Balaban J connectivity index is 1.80. The molecular formula is C19H17N5O2S. The highest BCUT2D eigenvalue weighted by atomic mass is 32.2. The fourth-order valence-corrected chi connectivity index (χ4v) is 3.80. The van der Waals surface area contributed by atoms with Gasteiger partial charge in [0.25, 0.3) is 10.0 Å². The average Bonchev–Trinajstić information content (AvgIpc) is 2.65. The van der Waals surface area contributed by atoms with Crippen molar-refractivity contribution in [1.29, 1.82) is 5.26 Å². The lowest BCUT2D eigenvalue weighted by atomic mass is 10.2. The summed E-state index contributed by atoms with van der Waals surface area (Å²) < 4.78 is 27.6. The van der Waals surface area contributed by atoms with Crippen molar-refractivity contribution in [2.45, 2.75) is 18.7 Å². The number of sulfonamides is 1. The molecule has 2 N–H and O–H groups in total. The number of aryl methyl sites for hydroxylation is 2. The lowest BCUT2D eigenvalue weighted by Gasteiger charge is -2.11. The van der Waals surface area contributed by atoms with Gasteiger partial charge in [-0.2, -0.15) is 5.26 Å². The summed E-state index contributed by atoms with van der Waals surface area (Å²) in [4.78, 5) is 0.203. The van der Waals surface area contributed by atoms with Crippen molar-refractivity contribution >= 4 is 27.3 Å². The molecule has 0 amide bonds. The molecule has 27 heavy (non-hydrogen) atoms. The summed E-state index contributed by atoms with van der Waals surface area (Å²) in [7, 11) is -3.76. The normalized spacial score (nSPS) is 10.9. The SMILES string of the molecule is Cc1ccc(C)c(S(=O)(=O)Nc2ccc(Nc3ccccc3C#N)nn2)c1. The highest BCUT2D eigenvalue weighted by Crippen LogP contribution is 2.21. The molecule has 1 heterocycles. The summed E-state index contributed by atoms with van der Waals surface area (Å²) >= 11 is 0. The van der Waals surface area contributed by atoms with E-state index >= 15 is 0 Å². The summed E-state index contributed by atoms with van der Waals surface area (Å²) in [6.07, 6.45) is 0. The van der Waals surface area contributed by atoms with E-state index in [-0.39, 0.29) is 10.7 Å². The van der Waals surface area contributed by atoms with Crippen LogP contribution in [0.5, 0.6) is 0 Å². The van der Waals surface area contributed by atoms with Crippen LogP contribution < -0.4 is 10.0 Å². The van der Waals surface area contributed by atoms with Gasteiger partial charge in [-0.1, -0.05) is 24.3 Å². The number of hydrogen-bond acceptors (Lipinski definition) is 6. The van der Waals surface area contributed by atoms with E-state index in [1.807, 2.05) is 13.0 Å². The van der Waals surface area contributed by atoms with E-state index in [2.05, 4.69) is 26.3 Å². The molecule has 0 bridgehead atoms. The third-order valence-electron chi connectivity index (χ3n) is 3.85. The zero-order valence-corrected chi connectivity index (χ0v) is 15.6. The first-order valence-corrected chi connectivity index (χ1v) is 9.57. The van der Waals surface area contributed by atoms with E-state index in [1.54, 1.807) is 49.4 Å². The Bertz CT molecular complexity index is 1120.